The highest BCUT2D eigenvalue weighted by molar-refractivity contribution is 5.77. The van der Waals surface area contributed by atoms with Crippen LogP contribution in [0.5, 0.6) is 0 Å². The number of hydrogen-bond donors (Lipinski definition) is 2. The highest BCUT2D eigenvalue weighted by Gasteiger charge is 2.25. The maximum atomic E-state index is 11.4. The van der Waals surface area contributed by atoms with Crippen LogP contribution in [-0.4, -0.2) is 35.5 Å². The molecule has 21 heavy (non-hydrogen) atoms. The lowest BCUT2D eigenvalue weighted by molar-refractivity contribution is -0.122. The van der Waals surface area contributed by atoms with Crippen LogP contribution in [0, 0.1) is 5.92 Å². The maximum Gasteiger partial charge on any atom is 0.222 e. The third-order valence-electron chi connectivity index (χ3n) is 3.75. The number of anilines is 2. The molecule has 6 nitrogen and oxygen atoms in total. The summed E-state index contributed by atoms with van der Waals surface area (Å²) in [5, 5.41) is 3.25. The zero-order chi connectivity index (χ0) is 15.4. The Hall–Kier alpha value is -1.85. The summed E-state index contributed by atoms with van der Waals surface area (Å²) in [4.78, 5) is 22.8. The Morgan fingerprint density at radius 3 is 2.90 bits per heavy atom. The Labute approximate surface area is 126 Å². The molecule has 2 rings (SSSR count). The first-order valence-corrected chi connectivity index (χ1v) is 7.68. The summed E-state index contributed by atoms with van der Waals surface area (Å²) in [5.41, 5.74) is 5.45. The van der Waals surface area contributed by atoms with Gasteiger partial charge < -0.3 is 16.0 Å². The number of aromatic nitrogens is 2. The summed E-state index contributed by atoms with van der Waals surface area (Å²) in [7, 11) is 0. The predicted octanol–water partition coefficient (Wildman–Crippen LogP) is 1.73. The van der Waals surface area contributed by atoms with Crippen LogP contribution in [0.2, 0.25) is 0 Å². The van der Waals surface area contributed by atoms with Crippen molar-refractivity contribution < 1.29 is 4.79 Å². The van der Waals surface area contributed by atoms with Crippen molar-refractivity contribution in [3.63, 3.8) is 0 Å². The van der Waals surface area contributed by atoms with E-state index in [9.17, 15) is 4.79 Å². The molecule has 1 atom stereocenters. The van der Waals surface area contributed by atoms with Crippen LogP contribution in [0.4, 0.5) is 11.6 Å². The molecule has 0 spiro atoms. The molecule has 3 N–H and O–H groups in total. The van der Waals surface area contributed by atoms with Gasteiger partial charge in [-0.1, -0.05) is 13.8 Å². The monoisotopic (exact) mass is 291 g/mol. The number of amides is 1. The van der Waals surface area contributed by atoms with Crippen molar-refractivity contribution in [2.24, 2.45) is 11.7 Å². The second-order valence-electron chi connectivity index (χ2n) is 5.84. The molecule has 1 aromatic rings. The van der Waals surface area contributed by atoms with Gasteiger partial charge in [-0.2, -0.15) is 0 Å². The second-order valence-corrected chi connectivity index (χ2v) is 5.84. The molecule has 0 radical (unpaired) electrons. The largest absolute Gasteiger partial charge is 0.370 e. The van der Waals surface area contributed by atoms with E-state index in [1.54, 1.807) is 0 Å². The minimum atomic E-state index is -0.218. The zero-order valence-electron chi connectivity index (χ0n) is 13.1. The topological polar surface area (TPSA) is 84.1 Å². The quantitative estimate of drug-likeness (QED) is 0.863. The molecular formula is C15H25N5O. The van der Waals surface area contributed by atoms with Gasteiger partial charge in [0.15, 0.2) is 0 Å². The van der Waals surface area contributed by atoms with Crippen molar-refractivity contribution >= 4 is 17.5 Å². The lowest BCUT2D eigenvalue weighted by atomic mass is 9.97. The lowest BCUT2D eigenvalue weighted by Crippen LogP contribution is -2.41. The molecule has 1 amide bonds. The smallest absolute Gasteiger partial charge is 0.222 e. The molecule has 116 valence electrons. The summed E-state index contributed by atoms with van der Waals surface area (Å²) in [6, 6.07) is 1.96. The van der Waals surface area contributed by atoms with Gasteiger partial charge in [0, 0.05) is 31.6 Å². The molecule has 1 aliphatic heterocycles. The zero-order valence-corrected chi connectivity index (χ0v) is 13.1. The first-order chi connectivity index (χ1) is 10.0. The second kappa shape index (κ2) is 6.74. The molecule has 0 aliphatic carbocycles. The van der Waals surface area contributed by atoms with Gasteiger partial charge in [-0.05, 0) is 19.8 Å². The first-order valence-electron chi connectivity index (χ1n) is 7.68. The fraction of sp³-hybridized carbons (Fsp3) is 0.667. The number of nitrogens with zero attached hydrogens (tertiary/aromatic N) is 3. The Bertz CT molecular complexity index is 503. The number of nitrogens with one attached hydrogen (secondary N) is 1. The van der Waals surface area contributed by atoms with Gasteiger partial charge in [0.25, 0.3) is 0 Å². The highest BCUT2D eigenvalue weighted by Crippen LogP contribution is 2.25. The number of primary amides is 1. The lowest BCUT2D eigenvalue weighted by Gasteiger charge is -2.32. The molecule has 1 aromatic heterocycles. The van der Waals surface area contributed by atoms with E-state index >= 15 is 0 Å². The van der Waals surface area contributed by atoms with Crippen LogP contribution < -0.4 is 16.0 Å². The Morgan fingerprint density at radius 1 is 1.52 bits per heavy atom. The first kappa shape index (κ1) is 15.5. The van der Waals surface area contributed by atoms with Gasteiger partial charge in [-0.15, -0.1) is 0 Å². The van der Waals surface area contributed by atoms with Crippen LogP contribution in [0.1, 0.15) is 45.4 Å². The van der Waals surface area contributed by atoms with E-state index in [4.69, 9.17) is 5.73 Å². The number of piperidine rings is 1. The Morgan fingerprint density at radius 2 is 2.29 bits per heavy atom. The van der Waals surface area contributed by atoms with E-state index < -0.39 is 0 Å². The van der Waals surface area contributed by atoms with Crippen LogP contribution >= 0.6 is 0 Å². The van der Waals surface area contributed by atoms with E-state index in [-0.39, 0.29) is 17.7 Å². The number of carbonyl (C=O) groups is 1. The summed E-state index contributed by atoms with van der Waals surface area (Å²) < 4.78 is 0. The van der Waals surface area contributed by atoms with Crippen molar-refractivity contribution in [3.8, 4) is 0 Å². The number of hydrogen-bond acceptors (Lipinski definition) is 5. The van der Waals surface area contributed by atoms with Crippen LogP contribution in [0.25, 0.3) is 0 Å². The molecule has 2 heterocycles. The van der Waals surface area contributed by atoms with E-state index in [0.29, 0.717) is 6.54 Å². The molecule has 0 bridgehead atoms. The fourth-order valence-electron chi connectivity index (χ4n) is 2.56. The minimum absolute atomic E-state index is 0.0844. The van der Waals surface area contributed by atoms with Gasteiger partial charge in [0.2, 0.25) is 5.91 Å². The fourth-order valence-corrected chi connectivity index (χ4v) is 2.56. The number of carbonyl (C=O) groups excluding carboxylic acids is 1. The van der Waals surface area contributed by atoms with Gasteiger partial charge in [-0.3, -0.25) is 4.79 Å². The minimum Gasteiger partial charge on any atom is -0.370 e. The molecule has 0 aromatic carbocycles. The summed E-state index contributed by atoms with van der Waals surface area (Å²) in [6.45, 7) is 8.58. The third-order valence-corrected chi connectivity index (χ3v) is 3.75. The number of nitrogens with two attached hydrogens (primary N) is 1. The van der Waals surface area contributed by atoms with Gasteiger partial charge in [0.1, 0.15) is 17.5 Å². The predicted molar refractivity (Wildman–Crippen MR) is 84.4 cm³/mol. The number of rotatable bonds is 5. The van der Waals surface area contributed by atoms with E-state index in [1.807, 2.05) is 13.0 Å². The maximum absolute atomic E-state index is 11.4. The van der Waals surface area contributed by atoms with Gasteiger partial charge >= 0.3 is 0 Å². The molecule has 1 aliphatic rings. The van der Waals surface area contributed by atoms with Crippen molar-refractivity contribution in [1.82, 2.24) is 9.97 Å². The van der Waals surface area contributed by atoms with Crippen molar-refractivity contribution in [3.05, 3.63) is 11.9 Å². The molecule has 1 fully saturated rings. The van der Waals surface area contributed by atoms with E-state index in [1.165, 1.54) is 0 Å². The Kier molecular flexibility index (Phi) is 4.98. The van der Waals surface area contributed by atoms with Crippen LogP contribution in [-0.2, 0) is 4.79 Å². The summed E-state index contributed by atoms with van der Waals surface area (Å²) in [5.74, 6) is 2.51. The molecular weight excluding hydrogens is 266 g/mol. The Balaban J connectivity index is 2.26. The summed E-state index contributed by atoms with van der Waals surface area (Å²) >= 11 is 0. The molecule has 0 saturated carbocycles. The van der Waals surface area contributed by atoms with Crippen molar-refractivity contribution in [2.45, 2.75) is 39.5 Å². The third kappa shape index (κ3) is 3.83. The SMILES string of the molecule is CCNc1cc(N2CCCC(C(N)=O)C2)nc(C(C)C)n1. The van der Waals surface area contributed by atoms with Gasteiger partial charge in [0.05, 0.1) is 5.92 Å². The summed E-state index contributed by atoms with van der Waals surface area (Å²) in [6.07, 6.45) is 1.83. The molecule has 1 unspecified atom stereocenters. The van der Waals surface area contributed by atoms with Gasteiger partial charge in [-0.25, -0.2) is 9.97 Å². The van der Waals surface area contributed by atoms with Crippen molar-refractivity contribution in [2.75, 3.05) is 29.9 Å². The van der Waals surface area contributed by atoms with Crippen LogP contribution in [0.3, 0.4) is 0 Å². The normalized spacial score (nSPS) is 18.9. The molecule has 1 saturated heterocycles. The highest BCUT2D eigenvalue weighted by atomic mass is 16.1. The van der Waals surface area contributed by atoms with E-state index in [2.05, 4.69) is 34.0 Å². The average Bonchev–Trinajstić information content (AvgIpc) is 2.47. The van der Waals surface area contributed by atoms with Crippen LogP contribution in [0.15, 0.2) is 6.07 Å². The molecule has 6 heteroatoms. The standard InChI is InChI=1S/C15H25N5O/c1-4-17-12-8-13(19-15(18-12)10(2)3)20-7-5-6-11(9-20)14(16)21/h8,10-11H,4-7,9H2,1-3H3,(H2,16,21)(H,17,18,19). The van der Waals surface area contributed by atoms with Crippen molar-refractivity contribution in [1.29, 1.82) is 0 Å². The van der Waals surface area contributed by atoms with E-state index in [0.717, 1.165) is 43.4 Å². The average molecular weight is 291 g/mol.